The molecule has 0 amide bonds. The molecule has 0 spiro atoms. The molecule has 13 heavy (non-hydrogen) atoms. The molecule has 0 saturated heterocycles. The van der Waals surface area contributed by atoms with Gasteiger partial charge in [-0.1, -0.05) is 58.9 Å². The molecule has 1 aliphatic rings. The van der Waals surface area contributed by atoms with Crippen LogP contribution >= 0.6 is 46.4 Å². The lowest BCUT2D eigenvalue weighted by molar-refractivity contribution is 1.08. The summed E-state index contributed by atoms with van der Waals surface area (Å²) in [4.78, 5) is 0. The lowest BCUT2D eigenvalue weighted by atomic mass is 10.1. The van der Waals surface area contributed by atoms with Crippen LogP contribution in [0.4, 0.5) is 0 Å². The van der Waals surface area contributed by atoms with Crippen molar-refractivity contribution in [2.24, 2.45) is 0 Å². The third-order valence-corrected chi connectivity index (χ3v) is 3.78. The smallest absolute Gasteiger partial charge is 0.0800 e. The van der Waals surface area contributed by atoms with Gasteiger partial charge in [0, 0.05) is 5.57 Å². The molecule has 0 aliphatic heterocycles. The van der Waals surface area contributed by atoms with Gasteiger partial charge in [0.25, 0.3) is 0 Å². The number of hydrogen-bond donors (Lipinski definition) is 0. The van der Waals surface area contributed by atoms with Crippen LogP contribution in [0.5, 0.6) is 0 Å². The Bertz CT molecular complexity index is 308. The zero-order valence-electron chi connectivity index (χ0n) is 7.22. The Kier molecular flexibility index (Phi) is 3.76. The first-order chi connectivity index (χ1) is 6.00. The zero-order valence-corrected chi connectivity index (χ0v) is 10.2. The third kappa shape index (κ3) is 1.92. The third-order valence-electron chi connectivity index (χ3n) is 1.97. The van der Waals surface area contributed by atoms with Crippen LogP contribution in [0.15, 0.2) is 31.3 Å². The van der Waals surface area contributed by atoms with Gasteiger partial charge in [0.2, 0.25) is 0 Å². The molecule has 0 fully saturated rings. The Labute approximate surface area is 97.8 Å². The van der Waals surface area contributed by atoms with Crippen LogP contribution in [0.2, 0.25) is 0 Å². The lowest BCUT2D eigenvalue weighted by Gasteiger charge is -2.03. The predicted molar refractivity (Wildman–Crippen MR) is 60.5 cm³/mol. The van der Waals surface area contributed by atoms with Gasteiger partial charge in [0.15, 0.2) is 0 Å². The summed E-state index contributed by atoms with van der Waals surface area (Å²) in [6, 6.07) is 0. The van der Waals surface area contributed by atoms with Crippen molar-refractivity contribution in [3.63, 3.8) is 0 Å². The maximum atomic E-state index is 5.97. The van der Waals surface area contributed by atoms with Gasteiger partial charge in [0.05, 0.1) is 20.1 Å². The van der Waals surface area contributed by atoms with Crippen LogP contribution in [-0.2, 0) is 0 Å². The van der Waals surface area contributed by atoms with E-state index >= 15 is 0 Å². The monoisotopic (exact) mass is 256 g/mol. The fourth-order valence-corrected chi connectivity index (χ4v) is 2.28. The molecule has 0 aromatic rings. The van der Waals surface area contributed by atoms with E-state index in [1.54, 1.807) is 0 Å². The SMILES string of the molecule is CCC(C)=C1C(Cl)=C(Cl)C(Cl)=C1Cl. The van der Waals surface area contributed by atoms with E-state index < -0.39 is 0 Å². The van der Waals surface area contributed by atoms with Crippen LogP contribution < -0.4 is 0 Å². The van der Waals surface area contributed by atoms with E-state index in [1.165, 1.54) is 0 Å². The van der Waals surface area contributed by atoms with Crippen LogP contribution in [0.3, 0.4) is 0 Å². The fraction of sp³-hybridized carbons (Fsp3) is 0.333. The number of rotatable bonds is 1. The highest BCUT2D eigenvalue weighted by Crippen LogP contribution is 2.46. The molecule has 0 unspecified atom stereocenters. The van der Waals surface area contributed by atoms with Gasteiger partial charge in [-0.3, -0.25) is 0 Å². The maximum Gasteiger partial charge on any atom is 0.0800 e. The minimum atomic E-state index is 0.344. The molecule has 0 N–H and O–H groups in total. The van der Waals surface area contributed by atoms with Gasteiger partial charge in [0.1, 0.15) is 0 Å². The highest BCUT2D eigenvalue weighted by atomic mass is 35.5. The van der Waals surface area contributed by atoms with E-state index in [0.717, 1.165) is 17.6 Å². The lowest BCUT2D eigenvalue weighted by Crippen LogP contribution is -1.85. The molecule has 1 aliphatic carbocycles. The number of halogens is 4. The second-order valence-corrected chi connectivity index (χ2v) is 4.28. The Morgan fingerprint density at radius 2 is 1.31 bits per heavy atom. The molecule has 0 saturated carbocycles. The summed E-state index contributed by atoms with van der Waals surface area (Å²) in [6.45, 7) is 3.98. The molecular weight excluding hydrogens is 250 g/mol. The van der Waals surface area contributed by atoms with Crippen molar-refractivity contribution < 1.29 is 0 Å². The summed E-state index contributed by atoms with van der Waals surface area (Å²) in [5, 5.41) is 1.60. The van der Waals surface area contributed by atoms with Crippen molar-refractivity contribution in [2.45, 2.75) is 20.3 Å². The van der Waals surface area contributed by atoms with Crippen LogP contribution in [0, 0.1) is 0 Å². The highest BCUT2D eigenvalue weighted by Gasteiger charge is 2.26. The van der Waals surface area contributed by atoms with Gasteiger partial charge in [-0.15, -0.1) is 0 Å². The Morgan fingerprint density at radius 3 is 1.62 bits per heavy atom. The van der Waals surface area contributed by atoms with E-state index in [1.807, 2.05) is 13.8 Å². The topological polar surface area (TPSA) is 0 Å². The summed E-state index contributed by atoms with van der Waals surface area (Å²) in [5.74, 6) is 0. The molecule has 0 aromatic heterocycles. The van der Waals surface area contributed by atoms with Crippen molar-refractivity contribution in [1.29, 1.82) is 0 Å². The number of hydrogen-bond acceptors (Lipinski definition) is 0. The average Bonchev–Trinajstić information content (AvgIpc) is 2.30. The van der Waals surface area contributed by atoms with Gasteiger partial charge < -0.3 is 0 Å². The largest absolute Gasteiger partial charge is 0.0819 e. The first-order valence-corrected chi connectivity index (χ1v) is 5.33. The van der Waals surface area contributed by atoms with E-state index in [-0.39, 0.29) is 0 Å². The minimum Gasteiger partial charge on any atom is -0.0819 e. The van der Waals surface area contributed by atoms with Crippen LogP contribution in [0.1, 0.15) is 20.3 Å². The predicted octanol–water partition coefficient (Wildman–Crippen LogP) is 5.10. The van der Waals surface area contributed by atoms with Crippen molar-refractivity contribution in [3.8, 4) is 0 Å². The second kappa shape index (κ2) is 4.27. The molecule has 0 radical (unpaired) electrons. The first-order valence-electron chi connectivity index (χ1n) is 3.82. The quantitative estimate of drug-likeness (QED) is 0.613. The normalized spacial score (nSPS) is 17.5. The summed E-state index contributed by atoms with van der Waals surface area (Å²) in [5.41, 5.74) is 1.87. The molecule has 0 nitrogen and oxygen atoms in total. The first kappa shape index (κ1) is 11.5. The molecule has 4 heteroatoms. The maximum absolute atomic E-state index is 5.97. The molecule has 0 atom stereocenters. The van der Waals surface area contributed by atoms with Crippen molar-refractivity contribution in [1.82, 2.24) is 0 Å². The Balaban J connectivity index is 3.33. The van der Waals surface area contributed by atoms with Crippen molar-refractivity contribution in [2.75, 3.05) is 0 Å². The summed E-state index contributed by atoms with van der Waals surface area (Å²) >= 11 is 23.6. The fourth-order valence-electron chi connectivity index (χ4n) is 1.06. The molecule has 1 rings (SSSR count). The average molecular weight is 258 g/mol. The number of allylic oxidation sites excluding steroid dienone is 6. The van der Waals surface area contributed by atoms with E-state index in [9.17, 15) is 0 Å². The summed E-state index contributed by atoms with van der Waals surface area (Å²) in [7, 11) is 0. The van der Waals surface area contributed by atoms with E-state index in [4.69, 9.17) is 46.4 Å². The molecule has 0 heterocycles. The molecule has 0 aromatic carbocycles. The van der Waals surface area contributed by atoms with Gasteiger partial charge in [-0.25, -0.2) is 0 Å². The molecular formula is C9H8Cl4. The minimum absolute atomic E-state index is 0.344. The van der Waals surface area contributed by atoms with Crippen molar-refractivity contribution >= 4 is 46.4 Å². The zero-order chi connectivity index (χ0) is 10.2. The summed E-state index contributed by atoms with van der Waals surface area (Å²) < 4.78 is 0. The van der Waals surface area contributed by atoms with E-state index in [2.05, 4.69) is 0 Å². The second-order valence-electron chi connectivity index (χ2n) is 2.76. The van der Waals surface area contributed by atoms with Crippen LogP contribution in [0.25, 0.3) is 0 Å². The van der Waals surface area contributed by atoms with Gasteiger partial charge >= 0.3 is 0 Å². The van der Waals surface area contributed by atoms with Gasteiger partial charge in [-0.05, 0) is 13.3 Å². The highest BCUT2D eigenvalue weighted by molar-refractivity contribution is 6.55. The Hall–Kier alpha value is 0.380. The van der Waals surface area contributed by atoms with Crippen molar-refractivity contribution in [3.05, 3.63) is 31.3 Å². The standard InChI is InChI=1S/C9H8Cl4/c1-3-4(2)5-6(10)8(12)9(13)7(5)11/h3H2,1-2H3. The molecule has 72 valence electrons. The van der Waals surface area contributed by atoms with E-state index in [0.29, 0.717) is 20.1 Å². The van der Waals surface area contributed by atoms with Gasteiger partial charge in [-0.2, -0.15) is 0 Å². The van der Waals surface area contributed by atoms with Crippen LogP contribution in [-0.4, -0.2) is 0 Å². The Morgan fingerprint density at radius 1 is 0.923 bits per heavy atom. The molecule has 0 bridgehead atoms. The summed E-state index contributed by atoms with van der Waals surface area (Å²) in [6.07, 6.45) is 0.871.